The van der Waals surface area contributed by atoms with Gasteiger partial charge >= 0.3 is 0 Å². The molecule has 0 aromatic heterocycles. The van der Waals surface area contributed by atoms with E-state index in [0.717, 1.165) is 19.3 Å². The predicted molar refractivity (Wildman–Crippen MR) is 86.4 cm³/mol. The number of nitrogens with two attached hydrogens (primary N) is 1. The second kappa shape index (κ2) is 8.03. The van der Waals surface area contributed by atoms with Crippen molar-refractivity contribution in [2.75, 3.05) is 6.61 Å². The average molecular weight is 292 g/mol. The molecular weight excluding hydrogens is 264 g/mol. The Labute approximate surface area is 128 Å². The van der Waals surface area contributed by atoms with Crippen LogP contribution in [0.15, 0.2) is 24.3 Å². The van der Waals surface area contributed by atoms with Gasteiger partial charge in [-0.15, -0.1) is 0 Å². The number of nitrogens with one attached hydrogen (secondary N) is 1. The number of hydrogen-bond acceptors (Lipinski definition) is 3. The molecule has 0 saturated heterocycles. The van der Waals surface area contributed by atoms with Gasteiger partial charge in [0.1, 0.15) is 5.75 Å². The maximum absolute atomic E-state index is 11.8. The molecule has 1 amide bonds. The van der Waals surface area contributed by atoms with Gasteiger partial charge in [-0.05, 0) is 57.7 Å². The first-order valence-electron chi connectivity index (χ1n) is 7.60. The number of carbonyl (C=O) groups is 1. The van der Waals surface area contributed by atoms with Crippen LogP contribution in [-0.4, -0.2) is 24.1 Å². The summed E-state index contributed by atoms with van der Waals surface area (Å²) in [6.45, 7) is 8.09. The van der Waals surface area contributed by atoms with Crippen molar-refractivity contribution in [2.24, 2.45) is 5.73 Å². The van der Waals surface area contributed by atoms with Gasteiger partial charge in [-0.2, -0.15) is 0 Å². The topological polar surface area (TPSA) is 64.3 Å². The molecule has 0 radical (unpaired) electrons. The smallest absolute Gasteiger partial charge is 0.258 e. The van der Waals surface area contributed by atoms with Gasteiger partial charge in [0.25, 0.3) is 5.91 Å². The highest BCUT2D eigenvalue weighted by molar-refractivity contribution is 5.78. The molecule has 0 heterocycles. The molecule has 3 N–H and O–H groups in total. The largest absolute Gasteiger partial charge is 0.484 e. The quantitative estimate of drug-likeness (QED) is 0.774. The Morgan fingerprint density at radius 2 is 1.95 bits per heavy atom. The fourth-order valence-corrected chi connectivity index (χ4v) is 1.80. The van der Waals surface area contributed by atoms with Crippen LogP contribution < -0.4 is 15.8 Å². The van der Waals surface area contributed by atoms with Crippen molar-refractivity contribution in [3.63, 3.8) is 0 Å². The van der Waals surface area contributed by atoms with Gasteiger partial charge in [0.2, 0.25) is 0 Å². The van der Waals surface area contributed by atoms with Gasteiger partial charge in [-0.1, -0.05) is 19.1 Å². The van der Waals surface area contributed by atoms with E-state index in [1.54, 1.807) is 0 Å². The number of rotatable bonds is 8. The summed E-state index contributed by atoms with van der Waals surface area (Å²) in [4.78, 5) is 11.8. The SMILES string of the molecule is CCC(C)(C)NC(=O)COc1ccc(CCC(C)N)cc1. The first-order chi connectivity index (χ1) is 9.82. The lowest BCUT2D eigenvalue weighted by Crippen LogP contribution is -2.44. The van der Waals surface area contributed by atoms with Crippen LogP contribution in [0.5, 0.6) is 5.75 Å². The molecule has 0 fully saturated rings. The van der Waals surface area contributed by atoms with Crippen molar-refractivity contribution in [2.45, 2.75) is 58.5 Å². The molecular formula is C17H28N2O2. The highest BCUT2D eigenvalue weighted by Crippen LogP contribution is 2.14. The van der Waals surface area contributed by atoms with E-state index in [1.165, 1.54) is 5.56 Å². The standard InChI is InChI=1S/C17H28N2O2/c1-5-17(3,4)19-16(20)12-21-15-10-8-14(9-11-15)7-6-13(2)18/h8-11,13H,5-7,12,18H2,1-4H3,(H,19,20). The fourth-order valence-electron chi connectivity index (χ4n) is 1.80. The molecule has 1 unspecified atom stereocenters. The zero-order chi connectivity index (χ0) is 15.9. The van der Waals surface area contributed by atoms with Crippen LogP contribution in [0.4, 0.5) is 0 Å². The fraction of sp³-hybridized carbons (Fsp3) is 0.588. The van der Waals surface area contributed by atoms with Crippen LogP contribution in [0.1, 0.15) is 46.1 Å². The van der Waals surface area contributed by atoms with Gasteiger partial charge in [0.15, 0.2) is 6.61 Å². The molecule has 4 nitrogen and oxygen atoms in total. The molecule has 0 spiro atoms. The first kappa shape index (κ1) is 17.5. The van der Waals surface area contributed by atoms with Gasteiger partial charge in [0.05, 0.1) is 0 Å². The summed E-state index contributed by atoms with van der Waals surface area (Å²) in [7, 11) is 0. The molecule has 1 aromatic carbocycles. The van der Waals surface area contributed by atoms with Gasteiger partial charge in [-0.3, -0.25) is 4.79 Å². The molecule has 0 saturated carbocycles. The lowest BCUT2D eigenvalue weighted by atomic mass is 10.0. The molecule has 0 aliphatic heterocycles. The minimum Gasteiger partial charge on any atom is -0.484 e. The average Bonchev–Trinajstić information content (AvgIpc) is 2.43. The Balaban J connectivity index is 2.40. The van der Waals surface area contributed by atoms with E-state index in [1.807, 2.05) is 52.0 Å². The third-order valence-electron chi connectivity index (χ3n) is 3.54. The van der Waals surface area contributed by atoms with Crippen molar-refractivity contribution >= 4 is 5.91 Å². The van der Waals surface area contributed by atoms with Crippen LogP contribution >= 0.6 is 0 Å². The molecule has 21 heavy (non-hydrogen) atoms. The lowest BCUT2D eigenvalue weighted by molar-refractivity contribution is -0.124. The molecule has 0 aliphatic carbocycles. The summed E-state index contributed by atoms with van der Waals surface area (Å²) >= 11 is 0. The zero-order valence-electron chi connectivity index (χ0n) is 13.6. The van der Waals surface area contributed by atoms with Gasteiger partial charge in [0, 0.05) is 11.6 Å². The van der Waals surface area contributed by atoms with E-state index in [4.69, 9.17) is 10.5 Å². The van der Waals surface area contributed by atoms with Crippen molar-refractivity contribution in [1.82, 2.24) is 5.32 Å². The summed E-state index contributed by atoms with van der Waals surface area (Å²) in [6, 6.07) is 8.05. The number of hydrogen-bond donors (Lipinski definition) is 2. The Morgan fingerprint density at radius 3 is 2.48 bits per heavy atom. The highest BCUT2D eigenvalue weighted by Gasteiger charge is 2.17. The third kappa shape index (κ3) is 7.14. The number of benzene rings is 1. The number of carbonyl (C=O) groups excluding carboxylic acids is 1. The van der Waals surface area contributed by atoms with Gasteiger partial charge < -0.3 is 15.8 Å². The first-order valence-corrected chi connectivity index (χ1v) is 7.60. The second-order valence-corrected chi connectivity index (χ2v) is 6.23. The van der Waals surface area contributed by atoms with Crippen molar-refractivity contribution in [3.05, 3.63) is 29.8 Å². The van der Waals surface area contributed by atoms with E-state index in [9.17, 15) is 4.79 Å². The van der Waals surface area contributed by atoms with E-state index in [2.05, 4.69) is 5.32 Å². The third-order valence-corrected chi connectivity index (χ3v) is 3.54. The monoisotopic (exact) mass is 292 g/mol. The summed E-state index contributed by atoms with van der Waals surface area (Å²) in [5, 5.41) is 2.94. The van der Waals surface area contributed by atoms with Gasteiger partial charge in [-0.25, -0.2) is 0 Å². The summed E-state index contributed by atoms with van der Waals surface area (Å²) in [5.74, 6) is 0.617. The number of aryl methyl sites for hydroxylation is 1. The maximum Gasteiger partial charge on any atom is 0.258 e. The molecule has 1 rings (SSSR count). The van der Waals surface area contributed by atoms with Crippen LogP contribution in [0.25, 0.3) is 0 Å². The lowest BCUT2D eigenvalue weighted by Gasteiger charge is -2.24. The van der Waals surface area contributed by atoms with Crippen LogP contribution in [0.3, 0.4) is 0 Å². The van der Waals surface area contributed by atoms with Crippen LogP contribution in [-0.2, 0) is 11.2 Å². The van der Waals surface area contributed by atoms with Crippen molar-refractivity contribution in [3.8, 4) is 5.75 Å². The Hall–Kier alpha value is -1.55. The van der Waals surface area contributed by atoms with Crippen molar-refractivity contribution in [1.29, 1.82) is 0 Å². The molecule has 1 aromatic rings. The molecule has 0 bridgehead atoms. The second-order valence-electron chi connectivity index (χ2n) is 6.23. The van der Waals surface area contributed by atoms with E-state index >= 15 is 0 Å². The summed E-state index contributed by atoms with van der Waals surface area (Å²) < 4.78 is 5.50. The van der Waals surface area contributed by atoms with E-state index in [-0.39, 0.29) is 24.1 Å². The van der Waals surface area contributed by atoms with E-state index < -0.39 is 0 Å². The molecule has 0 aliphatic rings. The predicted octanol–water partition coefficient (Wildman–Crippen LogP) is 2.65. The highest BCUT2D eigenvalue weighted by atomic mass is 16.5. The van der Waals surface area contributed by atoms with E-state index in [0.29, 0.717) is 5.75 Å². The Morgan fingerprint density at radius 1 is 1.33 bits per heavy atom. The molecule has 1 atom stereocenters. The number of amides is 1. The maximum atomic E-state index is 11.8. The molecule has 4 heteroatoms. The Kier molecular flexibility index (Phi) is 6.69. The summed E-state index contributed by atoms with van der Waals surface area (Å²) in [5.41, 5.74) is 6.79. The normalized spacial score (nSPS) is 12.8. The minimum absolute atomic E-state index is 0.0443. The van der Waals surface area contributed by atoms with Crippen LogP contribution in [0, 0.1) is 0 Å². The zero-order valence-corrected chi connectivity index (χ0v) is 13.6. The van der Waals surface area contributed by atoms with Crippen LogP contribution in [0.2, 0.25) is 0 Å². The molecule has 118 valence electrons. The number of ether oxygens (including phenoxy) is 1. The summed E-state index contributed by atoms with van der Waals surface area (Å²) in [6.07, 6.45) is 2.81. The minimum atomic E-state index is -0.191. The Bertz CT molecular complexity index is 439. The van der Waals surface area contributed by atoms with Crippen molar-refractivity contribution < 1.29 is 9.53 Å².